The van der Waals surface area contributed by atoms with Crippen molar-refractivity contribution in [2.24, 2.45) is 0 Å². The molecule has 0 radical (unpaired) electrons. The van der Waals surface area contributed by atoms with E-state index in [9.17, 15) is 9.59 Å². The molecule has 2 saturated heterocycles. The van der Waals surface area contributed by atoms with Crippen molar-refractivity contribution >= 4 is 11.9 Å². The molecule has 2 aliphatic rings. The van der Waals surface area contributed by atoms with Crippen molar-refractivity contribution in [1.29, 1.82) is 0 Å². The lowest BCUT2D eigenvalue weighted by Crippen LogP contribution is -2.47. The van der Waals surface area contributed by atoms with Crippen molar-refractivity contribution in [3.8, 4) is 0 Å². The van der Waals surface area contributed by atoms with Crippen LogP contribution >= 0.6 is 0 Å². The summed E-state index contributed by atoms with van der Waals surface area (Å²) in [6, 6.07) is -0.329. The number of ether oxygens (including phenoxy) is 1. The Morgan fingerprint density at radius 2 is 2.25 bits per heavy atom. The average Bonchev–Trinajstić information content (AvgIpc) is 2.42. The Labute approximate surface area is 94.3 Å². The first-order valence-electron chi connectivity index (χ1n) is 5.47. The molecule has 0 aromatic carbocycles. The number of morpholine rings is 1. The maximum atomic E-state index is 11.9. The number of hydrogen-bond donors (Lipinski definition) is 2. The topological polar surface area (TPSA) is 70.7 Å². The van der Waals surface area contributed by atoms with E-state index < -0.39 is 5.54 Å². The maximum absolute atomic E-state index is 11.9. The minimum absolute atomic E-state index is 0.0997. The summed E-state index contributed by atoms with van der Waals surface area (Å²) in [5, 5.41) is 5.81. The van der Waals surface area contributed by atoms with E-state index in [4.69, 9.17) is 4.74 Å². The third kappa shape index (κ3) is 2.03. The van der Waals surface area contributed by atoms with Gasteiger partial charge in [0.15, 0.2) is 0 Å². The highest BCUT2D eigenvalue weighted by Crippen LogP contribution is 2.17. The van der Waals surface area contributed by atoms with E-state index in [1.165, 1.54) is 4.90 Å². The molecule has 90 valence electrons. The zero-order valence-electron chi connectivity index (χ0n) is 9.58. The van der Waals surface area contributed by atoms with Gasteiger partial charge in [-0.15, -0.1) is 0 Å². The van der Waals surface area contributed by atoms with Crippen LogP contribution in [0.4, 0.5) is 4.79 Å². The first kappa shape index (κ1) is 11.3. The number of amides is 3. The molecular weight excluding hydrogens is 210 g/mol. The molecule has 2 N–H and O–H groups in total. The molecule has 0 bridgehead atoms. The highest BCUT2D eigenvalue weighted by molar-refractivity contribution is 6.06. The second-order valence-electron chi connectivity index (χ2n) is 4.67. The van der Waals surface area contributed by atoms with E-state index in [2.05, 4.69) is 10.6 Å². The quantitative estimate of drug-likeness (QED) is 0.612. The minimum atomic E-state index is -0.792. The van der Waals surface area contributed by atoms with E-state index in [-0.39, 0.29) is 18.0 Å². The van der Waals surface area contributed by atoms with Gasteiger partial charge < -0.3 is 15.4 Å². The van der Waals surface area contributed by atoms with Crippen molar-refractivity contribution in [1.82, 2.24) is 15.5 Å². The summed E-state index contributed by atoms with van der Waals surface area (Å²) >= 11 is 0. The third-order valence-electron chi connectivity index (χ3n) is 2.84. The lowest BCUT2D eigenvalue weighted by Gasteiger charge is -2.26. The second-order valence-corrected chi connectivity index (χ2v) is 4.67. The van der Waals surface area contributed by atoms with Crippen LogP contribution in [0.5, 0.6) is 0 Å². The lowest BCUT2D eigenvalue weighted by molar-refractivity contribution is -0.131. The van der Waals surface area contributed by atoms with Crippen LogP contribution in [0, 0.1) is 0 Å². The number of nitrogens with one attached hydrogen (secondary N) is 2. The molecule has 3 amide bonds. The molecule has 1 atom stereocenters. The van der Waals surface area contributed by atoms with E-state index in [0.29, 0.717) is 19.7 Å². The maximum Gasteiger partial charge on any atom is 0.325 e. The summed E-state index contributed by atoms with van der Waals surface area (Å²) in [5.41, 5.74) is -0.792. The number of imide groups is 1. The van der Waals surface area contributed by atoms with Crippen LogP contribution in [0.3, 0.4) is 0 Å². The monoisotopic (exact) mass is 227 g/mol. The van der Waals surface area contributed by atoms with E-state index in [1.807, 2.05) is 0 Å². The van der Waals surface area contributed by atoms with Gasteiger partial charge in [0, 0.05) is 13.1 Å². The molecule has 0 aromatic heterocycles. The predicted octanol–water partition coefficient (Wildman–Crippen LogP) is -0.695. The summed E-state index contributed by atoms with van der Waals surface area (Å²) < 4.78 is 5.47. The second kappa shape index (κ2) is 4.03. The number of urea groups is 1. The van der Waals surface area contributed by atoms with Crippen molar-refractivity contribution in [2.75, 3.05) is 26.2 Å². The average molecular weight is 227 g/mol. The van der Waals surface area contributed by atoms with E-state index in [1.54, 1.807) is 13.8 Å². The molecule has 6 heteroatoms. The van der Waals surface area contributed by atoms with Gasteiger partial charge >= 0.3 is 6.03 Å². The van der Waals surface area contributed by atoms with Gasteiger partial charge in [-0.05, 0) is 13.8 Å². The van der Waals surface area contributed by atoms with Gasteiger partial charge in [0.25, 0.3) is 5.91 Å². The predicted molar refractivity (Wildman–Crippen MR) is 56.9 cm³/mol. The van der Waals surface area contributed by atoms with Crippen LogP contribution < -0.4 is 10.6 Å². The SMILES string of the molecule is CC1(C)NC(=O)N(CC2CNCCO2)C1=O. The van der Waals surface area contributed by atoms with E-state index in [0.717, 1.165) is 6.54 Å². The molecule has 0 aromatic rings. The molecule has 0 saturated carbocycles. The molecule has 2 fully saturated rings. The molecule has 6 nitrogen and oxygen atoms in total. The number of carbonyl (C=O) groups excluding carboxylic acids is 2. The molecule has 0 spiro atoms. The van der Waals surface area contributed by atoms with Gasteiger partial charge in [0.2, 0.25) is 0 Å². The van der Waals surface area contributed by atoms with Crippen LogP contribution in [0.25, 0.3) is 0 Å². The fourth-order valence-electron chi connectivity index (χ4n) is 1.92. The summed E-state index contributed by atoms with van der Waals surface area (Å²) in [7, 11) is 0. The lowest BCUT2D eigenvalue weighted by atomic mass is 10.1. The number of hydrogen-bond acceptors (Lipinski definition) is 4. The Bertz CT molecular complexity index is 310. The molecular formula is C10H17N3O3. The molecule has 0 aliphatic carbocycles. The Hall–Kier alpha value is -1.14. The summed E-state index contributed by atoms with van der Waals surface area (Å²) in [5.74, 6) is -0.188. The van der Waals surface area contributed by atoms with E-state index >= 15 is 0 Å². The minimum Gasteiger partial charge on any atom is -0.374 e. The number of carbonyl (C=O) groups is 2. The smallest absolute Gasteiger partial charge is 0.325 e. The van der Waals surface area contributed by atoms with Gasteiger partial charge in [-0.2, -0.15) is 0 Å². The summed E-state index contributed by atoms with van der Waals surface area (Å²) in [6.07, 6.45) is -0.0997. The van der Waals surface area contributed by atoms with Gasteiger partial charge in [0.1, 0.15) is 5.54 Å². The van der Waals surface area contributed by atoms with Crippen LogP contribution in [0.15, 0.2) is 0 Å². The highest BCUT2D eigenvalue weighted by atomic mass is 16.5. The molecule has 2 aliphatic heterocycles. The van der Waals surface area contributed by atoms with Crippen molar-refractivity contribution in [2.45, 2.75) is 25.5 Å². The number of nitrogens with zero attached hydrogens (tertiary/aromatic N) is 1. The van der Waals surface area contributed by atoms with Gasteiger partial charge in [-0.3, -0.25) is 9.69 Å². The summed E-state index contributed by atoms with van der Waals surface area (Å²) in [6.45, 7) is 5.85. The first-order chi connectivity index (χ1) is 7.50. The van der Waals surface area contributed by atoms with Crippen LogP contribution in [0.1, 0.15) is 13.8 Å². The largest absolute Gasteiger partial charge is 0.374 e. The van der Waals surface area contributed by atoms with Crippen molar-refractivity contribution < 1.29 is 14.3 Å². The van der Waals surface area contributed by atoms with Gasteiger partial charge in [-0.25, -0.2) is 4.79 Å². The normalized spacial score (nSPS) is 29.4. The first-order valence-corrected chi connectivity index (χ1v) is 5.47. The zero-order chi connectivity index (χ0) is 11.8. The Morgan fingerprint density at radius 1 is 1.50 bits per heavy atom. The standard InChI is InChI=1S/C10H17N3O3/c1-10(2)8(14)13(9(15)12-10)6-7-5-11-3-4-16-7/h7,11H,3-6H2,1-2H3,(H,12,15). The fraction of sp³-hybridized carbons (Fsp3) is 0.800. The van der Waals surface area contributed by atoms with Gasteiger partial charge in [0.05, 0.1) is 19.3 Å². The fourth-order valence-corrected chi connectivity index (χ4v) is 1.92. The third-order valence-corrected chi connectivity index (χ3v) is 2.84. The Kier molecular flexibility index (Phi) is 2.86. The molecule has 2 rings (SSSR count). The number of rotatable bonds is 2. The highest BCUT2D eigenvalue weighted by Gasteiger charge is 2.44. The summed E-state index contributed by atoms with van der Waals surface area (Å²) in [4.78, 5) is 24.7. The van der Waals surface area contributed by atoms with Crippen molar-refractivity contribution in [3.63, 3.8) is 0 Å². The molecule has 1 unspecified atom stereocenters. The Morgan fingerprint density at radius 3 is 2.75 bits per heavy atom. The van der Waals surface area contributed by atoms with Crippen LogP contribution in [0.2, 0.25) is 0 Å². The Balaban J connectivity index is 1.99. The van der Waals surface area contributed by atoms with Crippen molar-refractivity contribution in [3.05, 3.63) is 0 Å². The molecule has 16 heavy (non-hydrogen) atoms. The van der Waals surface area contributed by atoms with Crippen LogP contribution in [-0.4, -0.2) is 54.7 Å². The molecule has 2 heterocycles. The van der Waals surface area contributed by atoms with Crippen LogP contribution in [-0.2, 0) is 9.53 Å². The van der Waals surface area contributed by atoms with Gasteiger partial charge in [-0.1, -0.05) is 0 Å². The zero-order valence-corrected chi connectivity index (χ0v) is 9.58.